The second-order valence-electron chi connectivity index (χ2n) is 6.12. The van der Waals surface area contributed by atoms with Crippen molar-refractivity contribution in [2.24, 2.45) is 5.92 Å². The molecule has 2 atom stereocenters. The first-order chi connectivity index (χ1) is 8.04. The maximum absolute atomic E-state index is 3.70. The Morgan fingerprint density at radius 3 is 2.71 bits per heavy atom. The molecule has 94 valence electrons. The van der Waals surface area contributed by atoms with E-state index < -0.39 is 0 Å². The van der Waals surface area contributed by atoms with Crippen molar-refractivity contribution in [2.75, 3.05) is 6.54 Å². The monoisotopic (exact) mass is 231 g/mol. The Bertz CT molecular complexity index is 383. The highest BCUT2D eigenvalue weighted by atomic mass is 15.0. The first kappa shape index (κ1) is 12.6. The third kappa shape index (κ3) is 2.40. The molecular formula is C16H25N. The van der Waals surface area contributed by atoms with E-state index in [4.69, 9.17) is 0 Å². The predicted molar refractivity (Wildman–Crippen MR) is 74.4 cm³/mol. The lowest BCUT2D eigenvalue weighted by Crippen LogP contribution is -2.39. The minimum Gasteiger partial charge on any atom is -0.313 e. The third-order valence-corrected chi connectivity index (χ3v) is 4.27. The van der Waals surface area contributed by atoms with Gasteiger partial charge in [-0.25, -0.2) is 0 Å². The fourth-order valence-electron chi connectivity index (χ4n) is 3.26. The standard InChI is InChI=1S/C16H25N/c1-12(2)11-15-16(4,9-10-17-15)14-8-6-5-7-13(14)3/h5-8,12,15,17H,9-11H2,1-4H3. The minimum atomic E-state index is 0.315. The van der Waals surface area contributed by atoms with Crippen LogP contribution in [0.4, 0.5) is 0 Å². The lowest BCUT2D eigenvalue weighted by molar-refractivity contribution is 0.343. The normalized spacial score (nSPS) is 28.9. The lowest BCUT2D eigenvalue weighted by atomic mass is 9.72. The summed E-state index contributed by atoms with van der Waals surface area (Å²) < 4.78 is 0. The largest absolute Gasteiger partial charge is 0.313 e. The molecule has 0 radical (unpaired) electrons. The average Bonchev–Trinajstić information content (AvgIpc) is 2.61. The number of hydrogen-bond acceptors (Lipinski definition) is 1. The van der Waals surface area contributed by atoms with E-state index in [9.17, 15) is 0 Å². The van der Waals surface area contributed by atoms with Crippen LogP contribution in [0.25, 0.3) is 0 Å². The van der Waals surface area contributed by atoms with Gasteiger partial charge in [0.2, 0.25) is 0 Å². The average molecular weight is 231 g/mol. The molecule has 0 bridgehead atoms. The van der Waals surface area contributed by atoms with Crippen molar-refractivity contribution in [3.05, 3.63) is 35.4 Å². The SMILES string of the molecule is Cc1ccccc1C1(C)CCNC1CC(C)C. The van der Waals surface area contributed by atoms with E-state index in [1.165, 1.54) is 24.0 Å². The summed E-state index contributed by atoms with van der Waals surface area (Å²) in [7, 11) is 0. The van der Waals surface area contributed by atoms with E-state index in [1.54, 1.807) is 0 Å². The highest BCUT2D eigenvalue weighted by Gasteiger charge is 2.40. The fraction of sp³-hybridized carbons (Fsp3) is 0.625. The van der Waals surface area contributed by atoms with Crippen LogP contribution in [0.3, 0.4) is 0 Å². The molecule has 1 aliphatic heterocycles. The van der Waals surface area contributed by atoms with Crippen LogP contribution in [0.5, 0.6) is 0 Å². The van der Waals surface area contributed by atoms with E-state index in [2.05, 4.69) is 57.3 Å². The second kappa shape index (κ2) is 4.81. The van der Waals surface area contributed by atoms with Crippen molar-refractivity contribution in [2.45, 2.75) is 52.0 Å². The van der Waals surface area contributed by atoms with Crippen LogP contribution in [0, 0.1) is 12.8 Å². The van der Waals surface area contributed by atoms with E-state index in [0.717, 1.165) is 12.5 Å². The van der Waals surface area contributed by atoms with Gasteiger partial charge in [-0.3, -0.25) is 0 Å². The molecule has 1 aromatic rings. The Kier molecular flexibility index (Phi) is 3.58. The van der Waals surface area contributed by atoms with Gasteiger partial charge in [-0.1, -0.05) is 45.0 Å². The number of aryl methyl sites for hydroxylation is 1. The molecular weight excluding hydrogens is 206 g/mol. The summed E-state index contributed by atoms with van der Waals surface area (Å²) in [4.78, 5) is 0. The van der Waals surface area contributed by atoms with Gasteiger partial charge in [0.15, 0.2) is 0 Å². The van der Waals surface area contributed by atoms with Gasteiger partial charge in [-0.15, -0.1) is 0 Å². The van der Waals surface area contributed by atoms with Crippen LogP contribution in [-0.2, 0) is 5.41 Å². The Hall–Kier alpha value is -0.820. The predicted octanol–water partition coefficient (Wildman–Crippen LogP) is 3.66. The fourth-order valence-corrected chi connectivity index (χ4v) is 3.26. The van der Waals surface area contributed by atoms with Gasteiger partial charge in [-0.2, -0.15) is 0 Å². The van der Waals surface area contributed by atoms with Gasteiger partial charge in [0.05, 0.1) is 0 Å². The van der Waals surface area contributed by atoms with E-state index in [0.29, 0.717) is 11.5 Å². The van der Waals surface area contributed by atoms with Crippen molar-refractivity contribution >= 4 is 0 Å². The zero-order chi connectivity index (χ0) is 12.5. The van der Waals surface area contributed by atoms with Crippen LogP contribution in [0.1, 0.15) is 44.7 Å². The van der Waals surface area contributed by atoms with Crippen LogP contribution >= 0.6 is 0 Å². The quantitative estimate of drug-likeness (QED) is 0.837. The van der Waals surface area contributed by atoms with Crippen LogP contribution < -0.4 is 5.32 Å². The Labute approximate surface area is 106 Å². The van der Waals surface area contributed by atoms with E-state index in [1.807, 2.05) is 0 Å². The molecule has 1 fully saturated rings. The first-order valence-corrected chi connectivity index (χ1v) is 6.83. The zero-order valence-corrected chi connectivity index (χ0v) is 11.6. The Morgan fingerprint density at radius 2 is 2.06 bits per heavy atom. The van der Waals surface area contributed by atoms with Crippen LogP contribution in [0.15, 0.2) is 24.3 Å². The summed E-state index contributed by atoms with van der Waals surface area (Å²) in [5.41, 5.74) is 3.29. The Balaban J connectivity index is 2.31. The number of nitrogens with one attached hydrogen (secondary N) is 1. The van der Waals surface area contributed by atoms with Gasteiger partial charge >= 0.3 is 0 Å². The van der Waals surface area contributed by atoms with Gasteiger partial charge in [0.25, 0.3) is 0 Å². The van der Waals surface area contributed by atoms with Crippen molar-refractivity contribution in [3.8, 4) is 0 Å². The molecule has 1 heterocycles. The molecule has 1 heteroatoms. The smallest absolute Gasteiger partial charge is 0.0164 e. The molecule has 1 saturated heterocycles. The molecule has 0 spiro atoms. The van der Waals surface area contributed by atoms with Gasteiger partial charge in [0, 0.05) is 11.5 Å². The molecule has 1 aromatic carbocycles. The molecule has 1 N–H and O–H groups in total. The molecule has 0 saturated carbocycles. The van der Waals surface area contributed by atoms with E-state index in [-0.39, 0.29) is 0 Å². The maximum atomic E-state index is 3.70. The zero-order valence-electron chi connectivity index (χ0n) is 11.6. The molecule has 0 aromatic heterocycles. The maximum Gasteiger partial charge on any atom is 0.0164 e. The first-order valence-electron chi connectivity index (χ1n) is 6.83. The summed E-state index contributed by atoms with van der Waals surface area (Å²) in [5, 5.41) is 3.70. The van der Waals surface area contributed by atoms with Gasteiger partial charge in [0.1, 0.15) is 0 Å². The summed E-state index contributed by atoms with van der Waals surface area (Å²) in [6.07, 6.45) is 2.53. The summed E-state index contributed by atoms with van der Waals surface area (Å²) >= 11 is 0. The second-order valence-corrected chi connectivity index (χ2v) is 6.12. The number of rotatable bonds is 3. The van der Waals surface area contributed by atoms with E-state index >= 15 is 0 Å². The van der Waals surface area contributed by atoms with Crippen LogP contribution in [-0.4, -0.2) is 12.6 Å². The summed E-state index contributed by atoms with van der Waals surface area (Å²) in [5.74, 6) is 0.758. The minimum absolute atomic E-state index is 0.315. The molecule has 2 rings (SSSR count). The summed E-state index contributed by atoms with van der Waals surface area (Å²) in [6.45, 7) is 10.5. The van der Waals surface area contributed by atoms with Gasteiger partial charge in [-0.05, 0) is 43.4 Å². The molecule has 1 aliphatic rings. The van der Waals surface area contributed by atoms with Crippen molar-refractivity contribution in [1.29, 1.82) is 0 Å². The third-order valence-electron chi connectivity index (χ3n) is 4.27. The van der Waals surface area contributed by atoms with Gasteiger partial charge < -0.3 is 5.32 Å². The lowest BCUT2D eigenvalue weighted by Gasteiger charge is -2.34. The highest BCUT2D eigenvalue weighted by Crippen LogP contribution is 2.39. The highest BCUT2D eigenvalue weighted by molar-refractivity contribution is 5.35. The molecule has 17 heavy (non-hydrogen) atoms. The molecule has 1 nitrogen and oxygen atoms in total. The molecule has 2 unspecified atom stereocenters. The van der Waals surface area contributed by atoms with Crippen LogP contribution in [0.2, 0.25) is 0 Å². The van der Waals surface area contributed by atoms with Crippen molar-refractivity contribution in [3.63, 3.8) is 0 Å². The number of hydrogen-bond donors (Lipinski definition) is 1. The Morgan fingerprint density at radius 1 is 1.35 bits per heavy atom. The topological polar surface area (TPSA) is 12.0 Å². The molecule has 0 aliphatic carbocycles. The van der Waals surface area contributed by atoms with Crippen molar-refractivity contribution in [1.82, 2.24) is 5.32 Å². The summed E-state index contributed by atoms with van der Waals surface area (Å²) in [6, 6.07) is 9.50. The van der Waals surface area contributed by atoms with Crippen molar-refractivity contribution < 1.29 is 0 Å². The number of benzene rings is 1. The molecule has 0 amide bonds.